The minimum absolute atomic E-state index is 0.0207. The van der Waals surface area contributed by atoms with Crippen molar-refractivity contribution >= 4 is 44.8 Å². The number of aliphatic hydroxyl groups is 1. The van der Waals surface area contributed by atoms with Crippen LogP contribution in [-0.2, 0) is 9.59 Å². The molecule has 7 nitrogen and oxygen atoms in total. The normalized spacial score (nSPS) is 19.4. The van der Waals surface area contributed by atoms with Crippen LogP contribution in [0.2, 0.25) is 0 Å². The number of nitrogens with zero attached hydrogens (tertiary/aromatic N) is 3. The van der Waals surface area contributed by atoms with E-state index in [1.54, 1.807) is 60.9 Å². The maximum atomic E-state index is 13.2. The van der Waals surface area contributed by atoms with Crippen LogP contribution >= 0.6 is 15.9 Å². The Balaban J connectivity index is 1.70. The summed E-state index contributed by atoms with van der Waals surface area (Å²) >= 11 is 3.43. The summed E-state index contributed by atoms with van der Waals surface area (Å²) in [6, 6.07) is 15.1. The van der Waals surface area contributed by atoms with E-state index in [1.807, 2.05) is 18.0 Å². The fraction of sp³-hybridized carbons (Fsp3) is 0.160. The van der Waals surface area contributed by atoms with Crippen LogP contribution in [-0.4, -0.2) is 42.0 Å². The minimum atomic E-state index is -0.821. The molecule has 1 unspecified atom stereocenters. The van der Waals surface area contributed by atoms with Gasteiger partial charge in [-0.1, -0.05) is 28.1 Å². The van der Waals surface area contributed by atoms with E-state index in [1.165, 1.54) is 4.90 Å². The van der Waals surface area contributed by atoms with E-state index in [2.05, 4.69) is 20.9 Å². The number of Topliss-reactive ketones (excluding diaryl/α,β-unsaturated/α-hetero) is 1. The smallest absolute Gasteiger partial charge is 0.300 e. The number of rotatable bonds is 3. The third-order valence-electron chi connectivity index (χ3n) is 5.86. The van der Waals surface area contributed by atoms with Crippen LogP contribution in [0, 0.1) is 0 Å². The van der Waals surface area contributed by atoms with Gasteiger partial charge in [-0.3, -0.25) is 19.5 Å². The predicted octanol–water partition coefficient (Wildman–Crippen LogP) is 4.30. The van der Waals surface area contributed by atoms with Crippen LogP contribution in [0.3, 0.4) is 0 Å². The molecule has 1 amide bonds. The van der Waals surface area contributed by atoms with Gasteiger partial charge in [0, 0.05) is 35.2 Å². The fourth-order valence-electron chi connectivity index (χ4n) is 4.23. The number of carbonyl (C=O) groups excluding carboxylic acids is 2. The quantitative estimate of drug-likeness (QED) is 0.324. The molecule has 0 spiro atoms. The second-order valence-electron chi connectivity index (χ2n) is 7.89. The van der Waals surface area contributed by atoms with Gasteiger partial charge in [0.05, 0.1) is 23.8 Å². The van der Waals surface area contributed by atoms with Crippen molar-refractivity contribution < 1.29 is 19.4 Å². The van der Waals surface area contributed by atoms with Crippen molar-refractivity contribution in [3.63, 3.8) is 0 Å². The van der Waals surface area contributed by atoms with E-state index in [0.29, 0.717) is 35.7 Å². The van der Waals surface area contributed by atoms with Gasteiger partial charge in [-0.25, -0.2) is 0 Å². The Kier molecular flexibility index (Phi) is 5.38. The lowest BCUT2D eigenvalue weighted by Crippen LogP contribution is -2.29. The minimum Gasteiger partial charge on any atom is -0.507 e. The Morgan fingerprint density at radius 2 is 2.00 bits per heavy atom. The number of hydrogen-bond acceptors (Lipinski definition) is 6. The number of ether oxygens (including phenoxy) is 1. The molecule has 1 saturated heterocycles. The number of ketones is 1. The zero-order chi connectivity index (χ0) is 23.1. The molecule has 8 heteroatoms. The van der Waals surface area contributed by atoms with Crippen LogP contribution < -0.4 is 14.5 Å². The van der Waals surface area contributed by atoms with E-state index in [0.717, 1.165) is 10.2 Å². The van der Waals surface area contributed by atoms with E-state index in [-0.39, 0.29) is 11.3 Å². The number of hydrogen-bond donors (Lipinski definition) is 1. The number of anilines is 2. The third kappa shape index (κ3) is 3.66. The molecule has 0 radical (unpaired) electrons. The van der Waals surface area contributed by atoms with Crippen LogP contribution in [0.25, 0.3) is 5.76 Å². The number of aromatic nitrogens is 1. The van der Waals surface area contributed by atoms with Crippen molar-refractivity contribution in [1.29, 1.82) is 0 Å². The van der Waals surface area contributed by atoms with Crippen molar-refractivity contribution in [2.45, 2.75) is 6.04 Å². The Morgan fingerprint density at radius 3 is 2.76 bits per heavy atom. The Bertz CT molecular complexity index is 1290. The molecule has 0 saturated carbocycles. The van der Waals surface area contributed by atoms with Crippen molar-refractivity contribution in [2.24, 2.45) is 0 Å². The topological polar surface area (TPSA) is 83.0 Å². The van der Waals surface area contributed by atoms with E-state index >= 15 is 0 Å². The summed E-state index contributed by atoms with van der Waals surface area (Å²) in [5.74, 6) is -0.981. The van der Waals surface area contributed by atoms with Crippen LogP contribution in [0.4, 0.5) is 11.4 Å². The summed E-state index contributed by atoms with van der Waals surface area (Å²) in [6.07, 6.45) is 3.22. The van der Waals surface area contributed by atoms with Gasteiger partial charge in [0.15, 0.2) is 0 Å². The summed E-state index contributed by atoms with van der Waals surface area (Å²) in [4.78, 5) is 34.0. The van der Waals surface area contributed by atoms with E-state index < -0.39 is 17.7 Å². The molecule has 2 aliphatic rings. The van der Waals surface area contributed by atoms with Crippen molar-refractivity contribution in [3.8, 4) is 5.75 Å². The first-order chi connectivity index (χ1) is 16.0. The summed E-state index contributed by atoms with van der Waals surface area (Å²) in [6.45, 7) is 1.29. The first-order valence-corrected chi connectivity index (χ1v) is 11.2. The maximum Gasteiger partial charge on any atom is 0.300 e. The van der Waals surface area contributed by atoms with E-state index in [4.69, 9.17) is 4.74 Å². The average Bonchev–Trinajstić information content (AvgIpc) is 3.10. The fourth-order valence-corrected chi connectivity index (χ4v) is 4.62. The van der Waals surface area contributed by atoms with Gasteiger partial charge in [-0.15, -0.1) is 0 Å². The molecule has 2 aliphatic heterocycles. The van der Waals surface area contributed by atoms with Gasteiger partial charge in [0.25, 0.3) is 11.7 Å². The molecule has 166 valence electrons. The summed E-state index contributed by atoms with van der Waals surface area (Å²) in [5, 5.41) is 11.3. The number of benzene rings is 2. The second kappa shape index (κ2) is 8.37. The largest absolute Gasteiger partial charge is 0.507 e. The monoisotopic (exact) mass is 505 g/mol. The van der Waals surface area contributed by atoms with Gasteiger partial charge in [-0.05, 0) is 48.0 Å². The van der Waals surface area contributed by atoms with Gasteiger partial charge in [-0.2, -0.15) is 0 Å². The van der Waals surface area contributed by atoms with Gasteiger partial charge in [0.2, 0.25) is 0 Å². The van der Waals surface area contributed by atoms with E-state index in [9.17, 15) is 14.7 Å². The number of carbonyl (C=O) groups is 2. The molecule has 1 aromatic heterocycles. The molecule has 3 heterocycles. The summed E-state index contributed by atoms with van der Waals surface area (Å²) in [7, 11) is 1.94. The summed E-state index contributed by atoms with van der Waals surface area (Å²) < 4.78 is 6.46. The molecular formula is C25H20BrN3O4. The molecular weight excluding hydrogens is 486 g/mol. The number of likely N-dealkylation sites (N-methyl/N-ethyl adjacent to an activating group) is 1. The zero-order valence-electron chi connectivity index (χ0n) is 17.7. The maximum absolute atomic E-state index is 13.2. The Hall–Kier alpha value is -3.65. The SMILES string of the molecule is CN1CCOc2ccc(/C(O)=C3/C(=O)C(=O)N(c4cccc(Br)c4)C3c3cccnc3)cc21. The number of fused-ring (bicyclic) bond motifs is 1. The molecule has 0 aliphatic carbocycles. The van der Waals surface area contributed by atoms with Crippen LogP contribution in [0.5, 0.6) is 5.75 Å². The highest BCUT2D eigenvalue weighted by molar-refractivity contribution is 9.10. The highest BCUT2D eigenvalue weighted by Crippen LogP contribution is 2.43. The standard InChI is InChI=1S/C25H20BrN3O4/c1-28-10-11-33-20-8-7-15(12-19(20)28)23(30)21-22(16-4-3-9-27-14-16)29(25(32)24(21)31)18-6-2-5-17(26)13-18/h2-9,12-14,22,30H,10-11H2,1H3/b23-21-. The molecule has 0 bridgehead atoms. The number of amides is 1. The molecule has 33 heavy (non-hydrogen) atoms. The first-order valence-electron chi connectivity index (χ1n) is 10.4. The van der Waals surface area contributed by atoms with Crippen LogP contribution in [0.15, 0.2) is 77.0 Å². The Labute approximate surface area is 199 Å². The number of halogens is 1. The lowest BCUT2D eigenvalue weighted by Gasteiger charge is -2.28. The molecule has 1 atom stereocenters. The zero-order valence-corrected chi connectivity index (χ0v) is 19.3. The highest BCUT2D eigenvalue weighted by Gasteiger charge is 2.47. The van der Waals surface area contributed by atoms with Crippen molar-refractivity contribution in [2.75, 3.05) is 30.0 Å². The molecule has 1 fully saturated rings. The molecule has 5 rings (SSSR count). The molecule has 1 N–H and O–H groups in total. The third-order valence-corrected chi connectivity index (χ3v) is 6.35. The highest BCUT2D eigenvalue weighted by atomic mass is 79.9. The lowest BCUT2D eigenvalue weighted by molar-refractivity contribution is -0.132. The summed E-state index contributed by atoms with van der Waals surface area (Å²) in [5.41, 5.74) is 2.43. The molecule has 2 aromatic carbocycles. The van der Waals surface area contributed by atoms with Crippen molar-refractivity contribution in [3.05, 3.63) is 88.2 Å². The van der Waals surface area contributed by atoms with Gasteiger partial charge in [0.1, 0.15) is 18.1 Å². The predicted molar refractivity (Wildman–Crippen MR) is 128 cm³/mol. The van der Waals surface area contributed by atoms with Gasteiger partial charge >= 0.3 is 0 Å². The number of aliphatic hydroxyl groups excluding tert-OH is 1. The van der Waals surface area contributed by atoms with Crippen LogP contribution in [0.1, 0.15) is 17.2 Å². The van der Waals surface area contributed by atoms with Crippen molar-refractivity contribution in [1.82, 2.24) is 4.98 Å². The number of pyridine rings is 1. The Morgan fingerprint density at radius 1 is 1.15 bits per heavy atom. The lowest BCUT2D eigenvalue weighted by atomic mass is 9.95. The average molecular weight is 506 g/mol. The van der Waals surface area contributed by atoms with Gasteiger partial charge < -0.3 is 14.7 Å². The molecule has 3 aromatic rings. The first kappa shape index (κ1) is 21.2. The second-order valence-corrected chi connectivity index (χ2v) is 8.80.